The maximum Gasteiger partial charge on any atom is 0.161 e. The summed E-state index contributed by atoms with van der Waals surface area (Å²) in [6, 6.07) is 3.71. The van der Waals surface area contributed by atoms with Crippen LogP contribution >= 0.6 is 0 Å². The average molecular weight is 206 g/mol. The highest BCUT2D eigenvalue weighted by atomic mass is 16.5. The number of morpholine rings is 1. The first-order chi connectivity index (χ1) is 7.27. The molecule has 1 aliphatic rings. The molecule has 80 valence electrons. The van der Waals surface area contributed by atoms with Gasteiger partial charge in [0, 0.05) is 24.8 Å². The molecule has 0 atom stereocenters. The minimum atomic E-state index is 0.0519. The average Bonchev–Trinajstić information content (AvgIpc) is 2.30. The van der Waals surface area contributed by atoms with Gasteiger partial charge in [-0.3, -0.25) is 4.79 Å². The SMILES string of the molecule is CC(=O)c1ccc(N2CCOCC2)nc1. The van der Waals surface area contributed by atoms with Gasteiger partial charge in [-0.25, -0.2) is 4.98 Å². The molecule has 0 aliphatic carbocycles. The van der Waals surface area contributed by atoms with Crippen LogP contribution in [0.4, 0.5) is 5.82 Å². The fourth-order valence-electron chi connectivity index (χ4n) is 1.57. The third kappa shape index (κ3) is 2.33. The molecule has 15 heavy (non-hydrogen) atoms. The van der Waals surface area contributed by atoms with Crippen molar-refractivity contribution in [3.63, 3.8) is 0 Å². The summed E-state index contributed by atoms with van der Waals surface area (Å²) < 4.78 is 5.26. The zero-order valence-electron chi connectivity index (χ0n) is 8.77. The molecule has 0 spiro atoms. The second kappa shape index (κ2) is 4.40. The van der Waals surface area contributed by atoms with E-state index in [1.165, 1.54) is 0 Å². The van der Waals surface area contributed by atoms with E-state index >= 15 is 0 Å². The van der Waals surface area contributed by atoms with Crippen LogP contribution in [0.1, 0.15) is 17.3 Å². The summed E-state index contributed by atoms with van der Waals surface area (Å²) in [5.41, 5.74) is 0.659. The molecule has 4 nitrogen and oxygen atoms in total. The minimum absolute atomic E-state index is 0.0519. The summed E-state index contributed by atoms with van der Waals surface area (Å²) in [4.78, 5) is 17.5. The second-order valence-electron chi connectivity index (χ2n) is 3.56. The molecule has 1 aromatic rings. The summed E-state index contributed by atoms with van der Waals surface area (Å²) in [6.07, 6.45) is 1.63. The van der Waals surface area contributed by atoms with Crippen molar-refractivity contribution >= 4 is 11.6 Å². The van der Waals surface area contributed by atoms with Crippen LogP contribution in [0, 0.1) is 0 Å². The smallest absolute Gasteiger partial charge is 0.161 e. The summed E-state index contributed by atoms with van der Waals surface area (Å²) in [5.74, 6) is 0.972. The number of hydrogen-bond donors (Lipinski definition) is 0. The van der Waals surface area contributed by atoms with Gasteiger partial charge in [0.1, 0.15) is 5.82 Å². The van der Waals surface area contributed by atoms with E-state index in [2.05, 4.69) is 9.88 Å². The number of hydrogen-bond acceptors (Lipinski definition) is 4. The number of ether oxygens (including phenoxy) is 1. The Morgan fingerprint density at radius 1 is 1.40 bits per heavy atom. The lowest BCUT2D eigenvalue weighted by molar-refractivity contribution is 0.101. The van der Waals surface area contributed by atoms with E-state index in [1.807, 2.05) is 12.1 Å². The normalized spacial score (nSPS) is 16.5. The molecule has 0 N–H and O–H groups in total. The van der Waals surface area contributed by atoms with Crippen LogP contribution in [-0.4, -0.2) is 37.1 Å². The quantitative estimate of drug-likeness (QED) is 0.680. The van der Waals surface area contributed by atoms with Gasteiger partial charge in [-0.1, -0.05) is 0 Å². The first kappa shape index (κ1) is 10.1. The highest BCUT2D eigenvalue weighted by molar-refractivity contribution is 5.93. The molecule has 0 saturated carbocycles. The summed E-state index contributed by atoms with van der Waals surface area (Å²) in [7, 11) is 0. The Morgan fingerprint density at radius 3 is 2.67 bits per heavy atom. The Bertz CT molecular complexity index is 342. The van der Waals surface area contributed by atoms with Crippen molar-refractivity contribution < 1.29 is 9.53 Å². The number of carbonyl (C=O) groups excluding carboxylic acids is 1. The number of pyridine rings is 1. The Morgan fingerprint density at radius 2 is 2.13 bits per heavy atom. The summed E-state index contributed by atoms with van der Waals surface area (Å²) in [6.45, 7) is 4.77. The Balaban J connectivity index is 2.11. The van der Waals surface area contributed by atoms with Crippen LogP contribution in [0.3, 0.4) is 0 Å². The number of ketones is 1. The molecule has 0 aromatic carbocycles. The fourth-order valence-corrected chi connectivity index (χ4v) is 1.57. The highest BCUT2D eigenvalue weighted by Crippen LogP contribution is 2.12. The highest BCUT2D eigenvalue weighted by Gasteiger charge is 2.12. The zero-order valence-corrected chi connectivity index (χ0v) is 8.77. The van der Waals surface area contributed by atoms with Crippen molar-refractivity contribution in [2.45, 2.75) is 6.92 Å². The number of Topliss-reactive ketones (excluding diaryl/α,β-unsaturated/α-hetero) is 1. The lowest BCUT2D eigenvalue weighted by Crippen LogP contribution is -2.36. The molecule has 1 aliphatic heterocycles. The molecular formula is C11H14N2O2. The minimum Gasteiger partial charge on any atom is -0.378 e. The van der Waals surface area contributed by atoms with Crippen molar-refractivity contribution in [3.8, 4) is 0 Å². The van der Waals surface area contributed by atoms with Crippen molar-refractivity contribution in [3.05, 3.63) is 23.9 Å². The van der Waals surface area contributed by atoms with Gasteiger partial charge in [0.05, 0.1) is 13.2 Å². The molecule has 2 heterocycles. The number of rotatable bonds is 2. The van der Waals surface area contributed by atoms with Crippen molar-refractivity contribution in [2.75, 3.05) is 31.2 Å². The molecule has 0 unspecified atom stereocenters. The van der Waals surface area contributed by atoms with Crippen molar-refractivity contribution in [1.29, 1.82) is 0 Å². The molecule has 4 heteroatoms. The van der Waals surface area contributed by atoms with E-state index in [0.717, 1.165) is 32.1 Å². The van der Waals surface area contributed by atoms with Gasteiger partial charge in [-0.2, -0.15) is 0 Å². The van der Waals surface area contributed by atoms with Crippen LogP contribution in [0.5, 0.6) is 0 Å². The van der Waals surface area contributed by atoms with Gasteiger partial charge in [0.2, 0.25) is 0 Å². The number of nitrogens with zero attached hydrogens (tertiary/aromatic N) is 2. The third-order valence-electron chi connectivity index (χ3n) is 2.49. The van der Waals surface area contributed by atoms with E-state index in [-0.39, 0.29) is 5.78 Å². The van der Waals surface area contributed by atoms with Crippen LogP contribution in [-0.2, 0) is 4.74 Å². The summed E-state index contributed by atoms with van der Waals surface area (Å²) >= 11 is 0. The molecule has 0 amide bonds. The third-order valence-corrected chi connectivity index (χ3v) is 2.49. The molecule has 1 aromatic heterocycles. The first-order valence-corrected chi connectivity index (χ1v) is 5.07. The Hall–Kier alpha value is -1.42. The molecule has 1 fully saturated rings. The van der Waals surface area contributed by atoms with E-state index < -0.39 is 0 Å². The standard InChI is InChI=1S/C11H14N2O2/c1-9(14)10-2-3-11(12-8-10)13-4-6-15-7-5-13/h2-3,8H,4-7H2,1H3. The van der Waals surface area contributed by atoms with Crippen LogP contribution in [0.25, 0.3) is 0 Å². The van der Waals surface area contributed by atoms with Gasteiger partial charge in [0.25, 0.3) is 0 Å². The Kier molecular flexibility index (Phi) is 2.97. The largest absolute Gasteiger partial charge is 0.378 e. The van der Waals surface area contributed by atoms with E-state index in [9.17, 15) is 4.79 Å². The van der Waals surface area contributed by atoms with Crippen LogP contribution in [0.15, 0.2) is 18.3 Å². The molecule has 1 saturated heterocycles. The van der Waals surface area contributed by atoms with Gasteiger partial charge in [-0.05, 0) is 19.1 Å². The second-order valence-corrected chi connectivity index (χ2v) is 3.56. The monoisotopic (exact) mass is 206 g/mol. The van der Waals surface area contributed by atoms with Crippen LogP contribution in [0.2, 0.25) is 0 Å². The predicted molar refractivity (Wildman–Crippen MR) is 57.3 cm³/mol. The molecular weight excluding hydrogens is 192 g/mol. The van der Waals surface area contributed by atoms with Gasteiger partial charge in [0.15, 0.2) is 5.78 Å². The van der Waals surface area contributed by atoms with Gasteiger partial charge in [-0.15, -0.1) is 0 Å². The zero-order chi connectivity index (χ0) is 10.7. The lowest BCUT2D eigenvalue weighted by atomic mass is 10.2. The van der Waals surface area contributed by atoms with Crippen molar-refractivity contribution in [1.82, 2.24) is 4.98 Å². The van der Waals surface area contributed by atoms with E-state index in [4.69, 9.17) is 4.74 Å². The number of carbonyl (C=O) groups is 1. The number of aromatic nitrogens is 1. The maximum atomic E-state index is 11.1. The summed E-state index contributed by atoms with van der Waals surface area (Å²) in [5, 5.41) is 0. The van der Waals surface area contributed by atoms with Gasteiger partial charge < -0.3 is 9.64 Å². The first-order valence-electron chi connectivity index (χ1n) is 5.07. The van der Waals surface area contributed by atoms with Gasteiger partial charge >= 0.3 is 0 Å². The molecule has 0 radical (unpaired) electrons. The molecule has 2 rings (SSSR count). The fraction of sp³-hybridized carbons (Fsp3) is 0.455. The van der Waals surface area contributed by atoms with E-state index in [1.54, 1.807) is 13.1 Å². The lowest BCUT2D eigenvalue weighted by Gasteiger charge is -2.27. The predicted octanol–water partition coefficient (Wildman–Crippen LogP) is 1.12. The number of anilines is 1. The van der Waals surface area contributed by atoms with E-state index in [0.29, 0.717) is 5.56 Å². The van der Waals surface area contributed by atoms with Crippen LogP contribution < -0.4 is 4.90 Å². The topological polar surface area (TPSA) is 42.4 Å². The Labute approximate surface area is 88.9 Å². The molecule has 0 bridgehead atoms. The van der Waals surface area contributed by atoms with Crippen molar-refractivity contribution in [2.24, 2.45) is 0 Å². The maximum absolute atomic E-state index is 11.1.